The minimum atomic E-state index is -0.478. The van der Waals surface area contributed by atoms with Gasteiger partial charge in [-0.15, -0.1) is 11.3 Å². The molecule has 9 heteroatoms. The number of methoxy groups -OCH3 is 1. The Morgan fingerprint density at radius 1 is 1.19 bits per heavy atom. The molecule has 0 unspecified atom stereocenters. The first kappa shape index (κ1) is 21.5. The van der Waals surface area contributed by atoms with Crippen LogP contribution in [0.3, 0.4) is 0 Å². The molecule has 4 rings (SSSR count). The van der Waals surface area contributed by atoms with Gasteiger partial charge in [0.1, 0.15) is 34.5 Å². The van der Waals surface area contributed by atoms with E-state index in [1.54, 1.807) is 7.11 Å². The van der Waals surface area contributed by atoms with Crippen molar-refractivity contribution in [2.24, 2.45) is 0 Å². The van der Waals surface area contributed by atoms with E-state index >= 15 is 0 Å². The Morgan fingerprint density at radius 2 is 1.94 bits per heavy atom. The maximum absolute atomic E-state index is 12.8. The fourth-order valence-corrected chi connectivity index (χ4v) is 4.64. The van der Waals surface area contributed by atoms with Crippen molar-refractivity contribution in [3.05, 3.63) is 73.7 Å². The summed E-state index contributed by atoms with van der Waals surface area (Å²) in [6.45, 7) is 3.80. The topological polar surface area (TPSA) is 114 Å². The predicted octanol–water partition coefficient (Wildman–Crippen LogP) is 3.26. The average molecular weight is 448 g/mol. The third-order valence-corrected chi connectivity index (χ3v) is 6.42. The highest BCUT2D eigenvalue weighted by Crippen LogP contribution is 2.31. The van der Waals surface area contributed by atoms with E-state index in [0.29, 0.717) is 40.1 Å². The van der Waals surface area contributed by atoms with Crippen molar-refractivity contribution in [1.82, 2.24) is 19.7 Å². The summed E-state index contributed by atoms with van der Waals surface area (Å²) in [6.07, 6.45) is 1.15. The Bertz CT molecular complexity index is 1460. The molecule has 0 fully saturated rings. The van der Waals surface area contributed by atoms with Crippen molar-refractivity contribution in [2.45, 2.75) is 33.2 Å². The maximum Gasteiger partial charge on any atom is 0.285 e. The molecule has 0 atom stereocenters. The summed E-state index contributed by atoms with van der Waals surface area (Å²) in [6, 6.07) is 11.4. The lowest BCUT2D eigenvalue weighted by Crippen LogP contribution is -2.30. The molecule has 0 amide bonds. The minimum Gasteiger partial charge on any atom is -0.497 e. The lowest BCUT2D eigenvalue weighted by Gasteiger charge is -2.11. The van der Waals surface area contributed by atoms with Gasteiger partial charge in [-0.05, 0) is 54.3 Å². The normalized spacial score (nSPS) is 10.9. The van der Waals surface area contributed by atoms with E-state index in [1.807, 2.05) is 50.2 Å². The van der Waals surface area contributed by atoms with E-state index in [2.05, 4.69) is 15.1 Å². The molecule has 162 valence electrons. The number of hydrogen-bond acceptors (Lipinski definition) is 7. The molecule has 0 spiro atoms. The second-order valence-electron chi connectivity index (χ2n) is 7.15. The monoisotopic (exact) mass is 447 g/mol. The van der Waals surface area contributed by atoms with Gasteiger partial charge in [0.2, 0.25) is 0 Å². The Balaban J connectivity index is 1.76. The molecule has 0 aliphatic rings. The zero-order valence-corrected chi connectivity index (χ0v) is 18.7. The number of nitrogens with zero attached hydrogens (tertiary/aromatic N) is 4. The zero-order chi connectivity index (χ0) is 22.8. The van der Waals surface area contributed by atoms with Gasteiger partial charge < -0.3 is 9.72 Å². The van der Waals surface area contributed by atoms with Crippen LogP contribution in [0, 0.1) is 11.3 Å². The first-order valence-corrected chi connectivity index (χ1v) is 11.0. The Kier molecular flexibility index (Phi) is 5.88. The van der Waals surface area contributed by atoms with Crippen LogP contribution in [0.25, 0.3) is 20.7 Å². The summed E-state index contributed by atoms with van der Waals surface area (Å²) in [4.78, 5) is 33.7. The molecule has 8 nitrogen and oxygen atoms in total. The van der Waals surface area contributed by atoms with E-state index < -0.39 is 5.56 Å². The molecule has 3 heterocycles. The van der Waals surface area contributed by atoms with Crippen molar-refractivity contribution in [3.8, 4) is 22.3 Å². The van der Waals surface area contributed by atoms with E-state index in [4.69, 9.17) is 4.74 Å². The molecule has 0 radical (unpaired) electrons. The van der Waals surface area contributed by atoms with Crippen LogP contribution in [-0.2, 0) is 19.4 Å². The largest absolute Gasteiger partial charge is 0.497 e. The second-order valence-corrected chi connectivity index (χ2v) is 8.20. The number of aromatic nitrogens is 4. The summed E-state index contributed by atoms with van der Waals surface area (Å²) in [5.41, 5.74) is 2.22. The highest BCUT2D eigenvalue weighted by molar-refractivity contribution is 7.22. The number of aromatic amines is 1. The van der Waals surface area contributed by atoms with Crippen molar-refractivity contribution in [2.75, 3.05) is 7.11 Å². The van der Waals surface area contributed by atoms with Gasteiger partial charge in [-0.3, -0.25) is 9.59 Å². The molecule has 0 saturated heterocycles. The third-order valence-electron chi connectivity index (χ3n) is 5.25. The fraction of sp³-hybridized carbons (Fsp3) is 0.261. The molecule has 32 heavy (non-hydrogen) atoms. The van der Waals surface area contributed by atoms with Crippen LogP contribution in [0.15, 0.2) is 39.9 Å². The van der Waals surface area contributed by atoms with Crippen molar-refractivity contribution >= 4 is 21.6 Å². The zero-order valence-electron chi connectivity index (χ0n) is 17.9. The summed E-state index contributed by atoms with van der Waals surface area (Å²) in [5.74, 6) is 1.06. The molecule has 1 N–H and O–H groups in total. The number of H-pyrrole nitrogens is 1. The van der Waals surface area contributed by atoms with Gasteiger partial charge in [-0.1, -0.05) is 13.8 Å². The lowest BCUT2D eigenvalue weighted by molar-refractivity contribution is 0.415. The number of thiophene rings is 1. The molecule has 0 aliphatic heterocycles. The molecule has 3 aromatic heterocycles. The number of aryl methyl sites for hydroxylation is 1. The number of rotatable bonds is 6. The van der Waals surface area contributed by atoms with Crippen LogP contribution in [0.5, 0.6) is 5.75 Å². The molecule has 4 aromatic rings. The minimum absolute atomic E-state index is 0.0244. The number of nitriles is 1. The van der Waals surface area contributed by atoms with Crippen molar-refractivity contribution < 1.29 is 4.74 Å². The van der Waals surface area contributed by atoms with Gasteiger partial charge in [-0.25, -0.2) is 9.67 Å². The van der Waals surface area contributed by atoms with Crippen molar-refractivity contribution in [3.63, 3.8) is 0 Å². The number of hydrogen-bond donors (Lipinski definition) is 1. The number of benzene rings is 1. The van der Waals surface area contributed by atoms with Crippen LogP contribution in [0.2, 0.25) is 0 Å². The van der Waals surface area contributed by atoms with Crippen LogP contribution in [-0.4, -0.2) is 26.9 Å². The van der Waals surface area contributed by atoms with Gasteiger partial charge in [0.25, 0.3) is 11.1 Å². The molecular formula is C23H21N5O3S. The van der Waals surface area contributed by atoms with Crippen LogP contribution < -0.4 is 15.9 Å². The summed E-state index contributed by atoms with van der Waals surface area (Å²) >= 11 is 1.35. The van der Waals surface area contributed by atoms with E-state index in [-0.39, 0.29) is 17.7 Å². The Morgan fingerprint density at radius 3 is 2.56 bits per heavy atom. The fourth-order valence-electron chi connectivity index (χ4n) is 3.64. The molecular weight excluding hydrogens is 426 g/mol. The number of ether oxygens (including phenoxy) is 1. The van der Waals surface area contributed by atoms with Crippen LogP contribution in [0.4, 0.5) is 0 Å². The van der Waals surface area contributed by atoms with Gasteiger partial charge >= 0.3 is 0 Å². The highest BCUT2D eigenvalue weighted by Gasteiger charge is 2.17. The van der Waals surface area contributed by atoms with Gasteiger partial charge in [0, 0.05) is 4.88 Å². The SMILES string of the molecule is CCc1nn(Cc2nc3cc(-c4ccc(OC)cc4)sc3c(=O)[nH]2)c(=O)c(C#N)c1CC. The smallest absolute Gasteiger partial charge is 0.285 e. The van der Waals surface area contributed by atoms with Crippen LogP contribution in [0.1, 0.15) is 36.5 Å². The summed E-state index contributed by atoms with van der Waals surface area (Å²) in [7, 11) is 1.61. The Labute approximate surface area is 187 Å². The molecule has 0 aliphatic carbocycles. The first-order chi connectivity index (χ1) is 15.5. The van der Waals surface area contributed by atoms with Crippen LogP contribution >= 0.6 is 11.3 Å². The maximum atomic E-state index is 12.8. The standard InChI is InChI=1S/C23H21N5O3S/c1-4-15-16(11-24)23(30)28(27-17(15)5-2)12-20-25-18-10-19(32-21(18)22(29)26-20)13-6-8-14(31-3)9-7-13/h6-10H,4-5,12H2,1-3H3,(H,25,26,29). The molecule has 1 aromatic carbocycles. The lowest BCUT2D eigenvalue weighted by atomic mass is 10.0. The first-order valence-electron chi connectivity index (χ1n) is 10.2. The van der Waals surface area contributed by atoms with Gasteiger partial charge in [0.15, 0.2) is 0 Å². The number of fused-ring (bicyclic) bond motifs is 1. The highest BCUT2D eigenvalue weighted by atomic mass is 32.1. The predicted molar refractivity (Wildman–Crippen MR) is 123 cm³/mol. The summed E-state index contributed by atoms with van der Waals surface area (Å²) < 4.78 is 6.91. The van der Waals surface area contributed by atoms with E-state index in [1.165, 1.54) is 16.0 Å². The van der Waals surface area contributed by atoms with Crippen molar-refractivity contribution in [1.29, 1.82) is 5.26 Å². The van der Waals surface area contributed by atoms with E-state index in [0.717, 1.165) is 16.2 Å². The van der Waals surface area contributed by atoms with E-state index in [9.17, 15) is 14.9 Å². The Hall–Kier alpha value is -3.77. The summed E-state index contributed by atoms with van der Waals surface area (Å²) in [5, 5.41) is 13.9. The quantitative estimate of drug-likeness (QED) is 0.485. The molecule has 0 bridgehead atoms. The third kappa shape index (κ3) is 3.81. The van der Waals surface area contributed by atoms with Gasteiger partial charge in [0.05, 0.1) is 18.3 Å². The second kappa shape index (κ2) is 8.77. The molecule has 0 saturated carbocycles. The van der Waals surface area contributed by atoms with Gasteiger partial charge in [-0.2, -0.15) is 10.4 Å². The number of nitrogens with one attached hydrogen (secondary N) is 1. The average Bonchev–Trinajstić information content (AvgIpc) is 3.24.